The summed E-state index contributed by atoms with van der Waals surface area (Å²) >= 11 is 0. The molecular weight excluding hydrogens is 158 g/mol. The van der Waals surface area contributed by atoms with Gasteiger partial charge >= 0.3 is 0 Å². The molecule has 4 heteroatoms. The predicted molar refractivity (Wildman–Crippen MR) is 45.3 cm³/mol. The van der Waals surface area contributed by atoms with Gasteiger partial charge in [0.1, 0.15) is 0 Å². The van der Waals surface area contributed by atoms with Crippen molar-refractivity contribution in [2.24, 2.45) is 5.92 Å². The van der Waals surface area contributed by atoms with Crippen LogP contribution < -0.4 is 5.32 Å². The highest BCUT2D eigenvalue weighted by Gasteiger charge is 2.22. The number of aliphatic hydroxyl groups excluding tert-OH is 1. The van der Waals surface area contributed by atoms with E-state index in [2.05, 4.69) is 5.32 Å². The predicted octanol–water partition coefficient (Wildman–Crippen LogP) is -0.152. The quantitative estimate of drug-likeness (QED) is 0.520. The molecule has 0 bridgehead atoms. The van der Waals surface area contributed by atoms with Crippen LogP contribution in [0.25, 0.3) is 0 Å². The monoisotopic (exact) mass is 175 g/mol. The molecule has 1 amide bonds. The fraction of sp³-hybridized carbons (Fsp3) is 0.875. The van der Waals surface area contributed by atoms with E-state index in [1.165, 1.54) is 6.92 Å². The van der Waals surface area contributed by atoms with Crippen LogP contribution >= 0.6 is 0 Å². The lowest BCUT2D eigenvalue weighted by atomic mass is 9.99. The number of nitrogens with one attached hydrogen (secondary N) is 1. The molecule has 3 N–H and O–H groups in total. The van der Waals surface area contributed by atoms with E-state index in [9.17, 15) is 4.79 Å². The van der Waals surface area contributed by atoms with E-state index >= 15 is 0 Å². The molecule has 0 aromatic rings. The van der Waals surface area contributed by atoms with E-state index in [1.807, 2.05) is 13.8 Å². The first-order chi connectivity index (χ1) is 5.49. The zero-order chi connectivity index (χ0) is 9.72. The van der Waals surface area contributed by atoms with Gasteiger partial charge in [-0.25, -0.2) is 0 Å². The minimum Gasteiger partial charge on any atom is -0.366 e. The molecule has 0 aromatic carbocycles. The number of amides is 1. The average molecular weight is 175 g/mol. The van der Waals surface area contributed by atoms with Crippen LogP contribution in [0.4, 0.5) is 0 Å². The molecule has 72 valence electrons. The molecule has 0 heterocycles. The number of aliphatic hydroxyl groups is 2. The number of carbonyl (C=O) groups excluding carboxylic acids is 1. The van der Waals surface area contributed by atoms with Crippen molar-refractivity contribution in [2.75, 3.05) is 0 Å². The Hall–Kier alpha value is -0.610. The second-order valence-corrected chi connectivity index (χ2v) is 3.03. The summed E-state index contributed by atoms with van der Waals surface area (Å²) in [6.45, 7) is 5.15. The Labute approximate surface area is 72.6 Å². The summed E-state index contributed by atoms with van der Waals surface area (Å²) in [4.78, 5) is 10.6. The lowest BCUT2D eigenvalue weighted by Gasteiger charge is -2.24. The van der Waals surface area contributed by atoms with Crippen molar-refractivity contribution in [2.45, 2.75) is 39.5 Å². The average Bonchev–Trinajstić information content (AvgIpc) is 1.98. The maximum atomic E-state index is 10.6. The van der Waals surface area contributed by atoms with Crippen molar-refractivity contribution in [1.29, 1.82) is 0 Å². The number of hydrogen-bond acceptors (Lipinski definition) is 3. The van der Waals surface area contributed by atoms with Crippen LogP contribution in [0.3, 0.4) is 0 Å². The van der Waals surface area contributed by atoms with Gasteiger partial charge in [-0.2, -0.15) is 0 Å². The van der Waals surface area contributed by atoms with Crippen molar-refractivity contribution >= 4 is 5.91 Å². The summed E-state index contributed by atoms with van der Waals surface area (Å²) in [5, 5.41) is 20.3. The largest absolute Gasteiger partial charge is 0.366 e. The van der Waals surface area contributed by atoms with Gasteiger partial charge in [-0.3, -0.25) is 4.79 Å². The van der Waals surface area contributed by atoms with Crippen LogP contribution in [-0.4, -0.2) is 28.5 Å². The molecule has 0 spiro atoms. The molecule has 0 aliphatic heterocycles. The van der Waals surface area contributed by atoms with E-state index < -0.39 is 12.3 Å². The Morgan fingerprint density at radius 3 is 2.25 bits per heavy atom. The van der Waals surface area contributed by atoms with Crippen LogP contribution in [0.15, 0.2) is 0 Å². The third-order valence-electron chi connectivity index (χ3n) is 1.95. The van der Waals surface area contributed by atoms with Crippen molar-refractivity contribution in [3.8, 4) is 0 Å². The second kappa shape index (κ2) is 5.11. The summed E-state index contributed by atoms with van der Waals surface area (Å²) in [5.74, 6) is -0.178. The molecule has 0 fully saturated rings. The summed E-state index contributed by atoms with van der Waals surface area (Å²) in [5.41, 5.74) is 0. The fourth-order valence-electron chi connectivity index (χ4n) is 0.999. The highest BCUT2D eigenvalue weighted by atomic mass is 16.5. The van der Waals surface area contributed by atoms with E-state index in [0.717, 1.165) is 6.42 Å². The van der Waals surface area contributed by atoms with Crippen molar-refractivity contribution in [1.82, 2.24) is 5.32 Å². The Morgan fingerprint density at radius 2 is 2.00 bits per heavy atom. The zero-order valence-electron chi connectivity index (χ0n) is 7.74. The summed E-state index contributed by atoms with van der Waals surface area (Å²) < 4.78 is 0. The van der Waals surface area contributed by atoms with Gasteiger partial charge in [-0.1, -0.05) is 20.3 Å². The fourth-order valence-corrected chi connectivity index (χ4v) is 0.999. The molecule has 2 atom stereocenters. The smallest absolute Gasteiger partial charge is 0.217 e. The summed E-state index contributed by atoms with van der Waals surface area (Å²) in [7, 11) is 0. The van der Waals surface area contributed by atoms with Crippen LogP contribution in [-0.2, 0) is 4.79 Å². The van der Waals surface area contributed by atoms with Gasteiger partial charge in [0.15, 0.2) is 6.29 Å². The van der Waals surface area contributed by atoms with Gasteiger partial charge in [0.05, 0.1) is 6.04 Å². The first-order valence-electron chi connectivity index (χ1n) is 4.12. The van der Waals surface area contributed by atoms with Crippen LogP contribution in [0.1, 0.15) is 27.2 Å². The van der Waals surface area contributed by atoms with Crippen molar-refractivity contribution < 1.29 is 15.0 Å². The van der Waals surface area contributed by atoms with Gasteiger partial charge in [-0.15, -0.1) is 0 Å². The lowest BCUT2D eigenvalue weighted by molar-refractivity contribution is -0.126. The number of carbonyl (C=O) groups is 1. The SMILES string of the molecule is CCC(C)C(NC(C)=O)C(O)O. The first-order valence-corrected chi connectivity index (χ1v) is 4.12. The van der Waals surface area contributed by atoms with Gasteiger partial charge in [-0.05, 0) is 5.92 Å². The standard InChI is InChI=1S/C8H17NO3/c1-4-5(2)7(8(11)12)9-6(3)10/h5,7-8,11-12H,4H2,1-3H3,(H,9,10). The van der Waals surface area contributed by atoms with E-state index in [0.29, 0.717) is 0 Å². The maximum Gasteiger partial charge on any atom is 0.217 e. The van der Waals surface area contributed by atoms with Gasteiger partial charge in [0.25, 0.3) is 0 Å². The first kappa shape index (κ1) is 11.4. The van der Waals surface area contributed by atoms with Gasteiger partial charge in [0.2, 0.25) is 5.91 Å². The molecule has 0 saturated heterocycles. The molecule has 0 saturated carbocycles. The van der Waals surface area contributed by atoms with Crippen molar-refractivity contribution in [3.05, 3.63) is 0 Å². The number of hydrogen-bond donors (Lipinski definition) is 3. The lowest BCUT2D eigenvalue weighted by Crippen LogP contribution is -2.46. The Balaban J connectivity index is 4.12. The normalized spacial score (nSPS) is 15.8. The summed E-state index contributed by atoms with van der Waals surface area (Å²) in [6, 6.07) is -0.563. The van der Waals surface area contributed by atoms with Crippen molar-refractivity contribution in [3.63, 3.8) is 0 Å². The molecule has 4 nitrogen and oxygen atoms in total. The third-order valence-corrected chi connectivity index (χ3v) is 1.95. The number of rotatable bonds is 4. The summed E-state index contributed by atoms with van der Waals surface area (Å²) in [6.07, 6.45) is -0.688. The molecule has 2 unspecified atom stereocenters. The van der Waals surface area contributed by atoms with E-state index in [4.69, 9.17) is 10.2 Å². The molecule has 0 rings (SSSR count). The Morgan fingerprint density at radius 1 is 1.50 bits per heavy atom. The maximum absolute atomic E-state index is 10.6. The van der Waals surface area contributed by atoms with Crippen LogP contribution in [0.2, 0.25) is 0 Å². The highest BCUT2D eigenvalue weighted by Crippen LogP contribution is 2.09. The molecule has 12 heavy (non-hydrogen) atoms. The topological polar surface area (TPSA) is 69.6 Å². The highest BCUT2D eigenvalue weighted by molar-refractivity contribution is 5.73. The Bertz CT molecular complexity index is 147. The van der Waals surface area contributed by atoms with Crippen LogP contribution in [0, 0.1) is 5.92 Å². The van der Waals surface area contributed by atoms with Crippen LogP contribution in [0.5, 0.6) is 0 Å². The second-order valence-electron chi connectivity index (χ2n) is 3.03. The molecule has 0 aliphatic rings. The zero-order valence-corrected chi connectivity index (χ0v) is 7.74. The molecular formula is C8H17NO3. The molecule has 0 radical (unpaired) electrons. The third kappa shape index (κ3) is 3.69. The minimum atomic E-state index is -1.48. The Kier molecular flexibility index (Phi) is 4.85. The molecule has 0 aliphatic carbocycles. The molecule has 0 aromatic heterocycles. The van der Waals surface area contributed by atoms with E-state index in [1.54, 1.807) is 0 Å². The minimum absolute atomic E-state index is 0.0638. The van der Waals surface area contributed by atoms with Gasteiger partial charge < -0.3 is 15.5 Å². The van der Waals surface area contributed by atoms with E-state index in [-0.39, 0.29) is 11.8 Å². The van der Waals surface area contributed by atoms with Gasteiger partial charge in [0, 0.05) is 6.92 Å².